The highest BCUT2D eigenvalue weighted by atomic mass is 16.2. The lowest BCUT2D eigenvalue weighted by Gasteiger charge is -2.19. The minimum atomic E-state index is -0.646. The Kier molecular flexibility index (Phi) is 5.01. The van der Waals surface area contributed by atoms with Gasteiger partial charge in [-0.15, -0.1) is 5.10 Å². The van der Waals surface area contributed by atoms with Gasteiger partial charge in [-0.1, -0.05) is 30.3 Å². The number of anilines is 1. The predicted octanol–water partition coefficient (Wildman–Crippen LogP) is 1.64. The highest BCUT2D eigenvalue weighted by Gasteiger charge is 2.32. The fraction of sp³-hybridized carbons (Fsp3) is 0.409. The first-order chi connectivity index (χ1) is 15.1. The van der Waals surface area contributed by atoms with Crippen molar-refractivity contribution in [3.63, 3.8) is 0 Å². The van der Waals surface area contributed by atoms with Crippen molar-refractivity contribution in [2.75, 3.05) is 11.9 Å². The number of amides is 2. The zero-order valence-electron chi connectivity index (χ0n) is 17.4. The quantitative estimate of drug-likeness (QED) is 0.655. The molecule has 1 saturated carbocycles. The average molecular weight is 419 g/mol. The third-order valence-corrected chi connectivity index (χ3v) is 5.84. The molecule has 0 unspecified atom stereocenters. The number of aromatic nitrogens is 5. The Hall–Kier alpha value is -3.49. The van der Waals surface area contributed by atoms with Crippen molar-refractivity contribution >= 4 is 17.6 Å². The van der Waals surface area contributed by atoms with Crippen molar-refractivity contribution in [3.8, 4) is 0 Å². The number of hydrogen-bond acceptors (Lipinski definition) is 5. The summed E-state index contributed by atoms with van der Waals surface area (Å²) in [7, 11) is 1.73. The van der Waals surface area contributed by atoms with E-state index in [9.17, 15) is 9.59 Å². The molecule has 2 aliphatic rings. The maximum absolute atomic E-state index is 13.0. The molecular weight excluding hydrogens is 394 g/mol. The molecular formula is C22H25N7O2. The first-order valence-corrected chi connectivity index (χ1v) is 10.7. The molecule has 2 amide bonds. The van der Waals surface area contributed by atoms with Crippen LogP contribution >= 0.6 is 0 Å². The van der Waals surface area contributed by atoms with Gasteiger partial charge in [-0.2, -0.15) is 5.10 Å². The van der Waals surface area contributed by atoms with E-state index in [2.05, 4.69) is 20.5 Å². The summed E-state index contributed by atoms with van der Waals surface area (Å²) in [5.41, 5.74) is 2.10. The molecule has 1 aliphatic carbocycles. The fourth-order valence-corrected chi connectivity index (χ4v) is 3.93. The lowest BCUT2D eigenvalue weighted by molar-refractivity contribution is -0.120. The summed E-state index contributed by atoms with van der Waals surface area (Å²) in [6.45, 7) is 1.09. The van der Waals surface area contributed by atoms with Crippen LogP contribution in [0.3, 0.4) is 0 Å². The Balaban J connectivity index is 1.24. The molecule has 0 spiro atoms. The van der Waals surface area contributed by atoms with Gasteiger partial charge in [0.2, 0.25) is 5.82 Å². The zero-order chi connectivity index (χ0) is 21.4. The van der Waals surface area contributed by atoms with Crippen molar-refractivity contribution in [3.05, 3.63) is 59.8 Å². The van der Waals surface area contributed by atoms with Gasteiger partial charge >= 0.3 is 0 Å². The van der Waals surface area contributed by atoms with E-state index in [0.29, 0.717) is 19.5 Å². The lowest BCUT2D eigenvalue weighted by Crippen LogP contribution is -2.47. The highest BCUT2D eigenvalue weighted by molar-refractivity contribution is 6.00. The van der Waals surface area contributed by atoms with E-state index in [1.54, 1.807) is 16.6 Å². The summed E-state index contributed by atoms with van der Waals surface area (Å²) < 4.78 is 3.48. The van der Waals surface area contributed by atoms with Crippen LogP contribution in [0.25, 0.3) is 0 Å². The molecule has 5 rings (SSSR count). The summed E-state index contributed by atoms with van der Waals surface area (Å²) in [4.78, 5) is 31.4. The maximum Gasteiger partial charge on any atom is 0.291 e. The number of aryl methyl sites for hydroxylation is 1. The van der Waals surface area contributed by atoms with Crippen LogP contribution in [0.15, 0.2) is 42.7 Å². The average Bonchev–Trinajstić information content (AvgIpc) is 3.33. The molecule has 9 nitrogen and oxygen atoms in total. The van der Waals surface area contributed by atoms with Crippen LogP contribution in [0.4, 0.5) is 5.82 Å². The van der Waals surface area contributed by atoms with Crippen LogP contribution in [0, 0.1) is 5.92 Å². The van der Waals surface area contributed by atoms with E-state index in [1.807, 2.05) is 41.1 Å². The summed E-state index contributed by atoms with van der Waals surface area (Å²) in [6, 6.07) is 11.2. The molecule has 2 aromatic heterocycles. The number of likely N-dealkylation sites (N-methyl/N-ethyl adjacent to an activating group) is 1. The minimum absolute atomic E-state index is 0.0556. The maximum atomic E-state index is 13.0. The second-order valence-electron chi connectivity index (χ2n) is 8.33. The molecule has 0 radical (unpaired) electrons. The van der Waals surface area contributed by atoms with E-state index in [0.717, 1.165) is 29.4 Å². The molecule has 1 fully saturated rings. The molecule has 160 valence electrons. The van der Waals surface area contributed by atoms with Crippen LogP contribution in [0.2, 0.25) is 0 Å². The number of carbonyl (C=O) groups excluding carboxylic acids is 2. The molecule has 0 saturated heterocycles. The molecule has 1 aromatic carbocycles. The van der Waals surface area contributed by atoms with Gasteiger partial charge in [0.1, 0.15) is 18.2 Å². The van der Waals surface area contributed by atoms with Crippen molar-refractivity contribution in [1.29, 1.82) is 0 Å². The lowest BCUT2D eigenvalue weighted by atomic mass is 10.2. The Morgan fingerprint density at radius 2 is 1.97 bits per heavy atom. The van der Waals surface area contributed by atoms with Gasteiger partial charge in [0.15, 0.2) is 0 Å². The monoisotopic (exact) mass is 419 g/mol. The third kappa shape index (κ3) is 4.21. The predicted molar refractivity (Wildman–Crippen MR) is 114 cm³/mol. The zero-order valence-corrected chi connectivity index (χ0v) is 17.4. The number of benzene rings is 1. The fourth-order valence-electron chi connectivity index (χ4n) is 3.93. The Bertz CT molecular complexity index is 1100. The second kappa shape index (κ2) is 7.98. The molecule has 1 N–H and O–H groups in total. The van der Waals surface area contributed by atoms with Gasteiger partial charge in [0.05, 0.1) is 12.2 Å². The largest absolute Gasteiger partial charge is 0.337 e. The van der Waals surface area contributed by atoms with Crippen LogP contribution in [-0.2, 0) is 24.3 Å². The summed E-state index contributed by atoms with van der Waals surface area (Å²) in [5, 5.41) is 11.7. The van der Waals surface area contributed by atoms with E-state index >= 15 is 0 Å². The Morgan fingerprint density at radius 3 is 2.74 bits per heavy atom. The normalized spacial score (nSPS) is 18.5. The van der Waals surface area contributed by atoms with E-state index in [1.165, 1.54) is 19.2 Å². The van der Waals surface area contributed by atoms with Gasteiger partial charge in [-0.05, 0) is 37.2 Å². The van der Waals surface area contributed by atoms with Crippen LogP contribution < -0.4 is 10.2 Å². The molecule has 1 atom stereocenters. The summed E-state index contributed by atoms with van der Waals surface area (Å²) in [6.07, 6.45) is 5.50. The number of nitrogens with zero attached hydrogens (tertiary/aromatic N) is 6. The van der Waals surface area contributed by atoms with E-state index in [4.69, 9.17) is 0 Å². The van der Waals surface area contributed by atoms with Crippen LogP contribution in [-0.4, -0.2) is 49.4 Å². The number of fused-ring (bicyclic) bond motifs is 1. The van der Waals surface area contributed by atoms with Gasteiger partial charge in [0.25, 0.3) is 11.8 Å². The standard InChI is InChI=1S/C22H25N7O2/c1-27-19-12-17(11-15-7-8-15)25-29(19)10-9-18(22(27)31)24-21(30)20-23-14-28(26-20)13-16-5-3-2-4-6-16/h2-6,12,14-15,18H,7-11,13H2,1H3,(H,24,30)/t18-/m0/s1. The molecule has 31 heavy (non-hydrogen) atoms. The van der Waals surface area contributed by atoms with E-state index < -0.39 is 11.9 Å². The number of rotatable bonds is 6. The molecule has 1 aliphatic heterocycles. The summed E-state index contributed by atoms with van der Waals surface area (Å²) in [5.74, 6) is 0.963. The van der Waals surface area contributed by atoms with Gasteiger partial charge in [0, 0.05) is 19.7 Å². The molecule has 0 bridgehead atoms. The Labute approximate surface area is 180 Å². The van der Waals surface area contributed by atoms with Gasteiger partial charge in [-0.25, -0.2) is 14.3 Å². The highest BCUT2D eigenvalue weighted by Crippen LogP contribution is 2.33. The number of nitrogens with one attached hydrogen (secondary N) is 1. The van der Waals surface area contributed by atoms with E-state index in [-0.39, 0.29) is 11.7 Å². The molecule has 9 heteroatoms. The smallest absolute Gasteiger partial charge is 0.291 e. The van der Waals surface area contributed by atoms with Crippen molar-refractivity contribution in [1.82, 2.24) is 29.9 Å². The van der Waals surface area contributed by atoms with Crippen molar-refractivity contribution in [2.45, 2.75) is 44.8 Å². The van der Waals surface area contributed by atoms with Crippen molar-refractivity contribution in [2.24, 2.45) is 5.92 Å². The summed E-state index contributed by atoms with van der Waals surface area (Å²) >= 11 is 0. The Morgan fingerprint density at radius 1 is 1.16 bits per heavy atom. The number of hydrogen-bond donors (Lipinski definition) is 1. The third-order valence-electron chi connectivity index (χ3n) is 5.84. The van der Waals surface area contributed by atoms with Crippen molar-refractivity contribution < 1.29 is 9.59 Å². The molecule has 3 aromatic rings. The van der Waals surface area contributed by atoms with Crippen LogP contribution in [0.5, 0.6) is 0 Å². The first kappa shape index (κ1) is 19.5. The second-order valence-corrected chi connectivity index (χ2v) is 8.33. The van der Waals surface area contributed by atoms with Gasteiger partial charge in [-0.3, -0.25) is 14.5 Å². The van der Waals surface area contributed by atoms with Gasteiger partial charge < -0.3 is 5.32 Å². The first-order valence-electron chi connectivity index (χ1n) is 10.7. The molecule has 3 heterocycles. The van der Waals surface area contributed by atoms with Crippen LogP contribution in [0.1, 0.15) is 41.1 Å². The number of carbonyl (C=O) groups is 2. The minimum Gasteiger partial charge on any atom is -0.337 e. The topological polar surface area (TPSA) is 97.9 Å². The SMILES string of the molecule is CN1C(=O)[C@@H](NC(=O)c2ncn(Cc3ccccc3)n2)CCn2nc(CC3CC3)cc21.